The summed E-state index contributed by atoms with van der Waals surface area (Å²) in [7, 11) is 0. The number of nitrogens with one attached hydrogen (secondary N) is 2. The normalized spacial score (nSPS) is 14.0. The van der Waals surface area contributed by atoms with Crippen LogP contribution < -0.4 is 5.32 Å². The lowest BCUT2D eigenvalue weighted by molar-refractivity contribution is 0.102. The average Bonchev–Trinajstić information content (AvgIpc) is 3.10. The number of benzene rings is 1. The second-order valence-electron chi connectivity index (χ2n) is 5.44. The van der Waals surface area contributed by atoms with E-state index in [1.54, 1.807) is 12.3 Å². The minimum absolute atomic E-state index is 0.254. The Kier molecular flexibility index (Phi) is 3.34. The number of nitrogens with zero attached hydrogens (tertiary/aromatic N) is 4. The predicted molar refractivity (Wildman–Crippen MR) is 85.3 cm³/mol. The first-order valence-corrected chi connectivity index (χ1v) is 7.62. The minimum Gasteiger partial charge on any atom is -0.356 e. The predicted octanol–water partition coefficient (Wildman–Crippen LogP) is 2.91. The summed E-state index contributed by atoms with van der Waals surface area (Å²) in [5.41, 5.74) is 1.94. The molecule has 116 valence electrons. The molecule has 8 heteroatoms. The molecule has 2 aromatic heterocycles. The third kappa shape index (κ3) is 2.83. The van der Waals surface area contributed by atoms with Crippen molar-refractivity contribution in [1.29, 1.82) is 0 Å². The van der Waals surface area contributed by atoms with Crippen LogP contribution in [0.25, 0.3) is 11.4 Å². The van der Waals surface area contributed by atoms with Crippen LogP contribution in [0.2, 0.25) is 5.02 Å². The highest BCUT2D eigenvalue weighted by Crippen LogP contribution is 2.36. The fourth-order valence-electron chi connectivity index (χ4n) is 2.38. The standard InChI is InChI=1S/C15H13ClN6O/c16-10-7-13(17-8-10)15(23)18-11-3-1-2-9(6-11)14-19-20-21-22(14)12-4-5-12/h1-3,6-8,12,17H,4-5H2,(H,18,23). The molecule has 7 nitrogen and oxygen atoms in total. The summed E-state index contributed by atoms with van der Waals surface area (Å²) in [6.07, 6.45) is 3.76. The van der Waals surface area contributed by atoms with Crippen molar-refractivity contribution in [1.82, 2.24) is 25.2 Å². The summed E-state index contributed by atoms with van der Waals surface area (Å²) in [6, 6.07) is 9.42. The van der Waals surface area contributed by atoms with Gasteiger partial charge in [-0.25, -0.2) is 4.68 Å². The summed E-state index contributed by atoms with van der Waals surface area (Å²) in [4.78, 5) is 15.0. The lowest BCUT2D eigenvalue weighted by Gasteiger charge is -2.07. The highest BCUT2D eigenvalue weighted by atomic mass is 35.5. The van der Waals surface area contributed by atoms with Crippen molar-refractivity contribution in [2.75, 3.05) is 5.32 Å². The Labute approximate surface area is 136 Å². The monoisotopic (exact) mass is 328 g/mol. The number of hydrogen-bond acceptors (Lipinski definition) is 4. The summed E-state index contributed by atoms with van der Waals surface area (Å²) in [6.45, 7) is 0. The molecule has 1 amide bonds. The SMILES string of the molecule is O=C(Nc1cccc(-c2nnnn2C2CC2)c1)c1cc(Cl)c[nH]1. The summed E-state index contributed by atoms with van der Waals surface area (Å²) in [5, 5.41) is 15.2. The Morgan fingerprint density at radius 1 is 1.35 bits per heavy atom. The second kappa shape index (κ2) is 5.51. The fraction of sp³-hybridized carbons (Fsp3) is 0.200. The van der Waals surface area contributed by atoms with Crippen molar-refractivity contribution in [3.63, 3.8) is 0 Å². The van der Waals surface area contributed by atoms with Gasteiger partial charge in [0.2, 0.25) is 0 Å². The Morgan fingerprint density at radius 2 is 2.22 bits per heavy atom. The van der Waals surface area contributed by atoms with Crippen LogP contribution in [0.15, 0.2) is 36.5 Å². The number of rotatable bonds is 4. The third-order valence-electron chi connectivity index (χ3n) is 3.66. The van der Waals surface area contributed by atoms with E-state index in [2.05, 4.69) is 25.8 Å². The minimum atomic E-state index is -0.254. The first kappa shape index (κ1) is 14.0. The molecule has 0 atom stereocenters. The van der Waals surface area contributed by atoms with Gasteiger partial charge in [0.05, 0.1) is 11.1 Å². The van der Waals surface area contributed by atoms with Crippen molar-refractivity contribution < 1.29 is 4.79 Å². The number of halogens is 1. The van der Waals surface area contributed by atoms with Crippen LogP contribution in [-0.2, 0) is 0 Å². The Hall–Kier alpha value is -2.67. The molecule has 2 N–H and O–H groups in total. The molecule has 3 aromatic rings. The third-order valence-corrected chi connectivity index (χ3v) is 3.87. The number of tetrazole rings is 1. The maximum Gasteiger partial charge on any atom is 0.272 e. The fourth-order valence-corrected chi connectivity index (χ4v) is 2.55. The molecule has 0 aliphatic heterocycles. The number of aromatic amines is 1. The van der Waals surface area contributed by atoms with Gasteiger partial charge in [-0.3, -0.25) is 4.79 Å². The van der Waals surface area contributed by atoms with Gasteiger partial charge in [-0.05, 0) is 41.5 Å². The van der Waals surface area contributed by atoms with Gasteiger partial charge in [0.25, 0.3) is 5.91 Å². The van der Waals surface area contributed by atoms with E-state index in [4.69, 9.17) is 11.6 Å². The number of anilines is 1. The van der Waals surface area contributed by atoms with Crippen LogP contribution in [0.4, 0.5) is 5.69 Å². The number of hydrogen-bond donors (Lipinski definition) is 2. The smallest absolute Gasteiger partial charge is 0.272 e. The molecule has 1 fully saturated rings. The van der Waals surface area contributed by atoms with E-state index >= 15 is 0 Å². The van der Waals surface area contributed by atoms with Crippen LogP contribution in [0.1, 0.15) is 29.4 Å². The van der Waals surface area contributed by atoms with Gasteiger partial charge in [0, 0.05) is 17.4 Å². The molecule has 0 spiro atoms. The second-order valence-corrected chi connectivity index (χ2v) is 5.88. The molecule has 1 aliphatic rings. The van der Waals surface area contributed by atoms with Gasteiger partial charge in [-0.1, -0.05) is 23.7 Å². The number of H-pyrrole nitrogens is 1. The van der Waals surface area contributed by atoms with Gasteiger partial charge in [-0.2, -0.15) is 0 Å². The molecule has 1 aliphatic carbocycles. The quantitative estimate of drug-likeness (QED) is 0.770. The van der Waals surface area contributed by atoms with Crippen molar-refractivity contribution in [2.24, 2.45) is 0 Å². The van der Waals surface area contributed by atoms with E-state index < -0.39 is 0 Å². The molecule has 0 unspecified atom stereocenters. The maximum atomic E-state index is 12.2. The first-order valence-electron chi connectivity index (χ1n) is 7.24. The lowest BCUT2D eigenvalue weighted by atomic mass is 10.2. The van der Waals surface area contributed by atoms with Crippen LogP contribution in [0.5, 0.6) is 0 Å². The highest BCUT2D eigenvalue weighted by Gasteiger charge is 2.28. The number of aromatic nitrogens is 5. The zero-order chi connectivity index (χ0) is 15.8. The molecule has 4 rings (SSSR count). The van der Waals surface area contributed by atoms with Gasteiger partial charge in [-0.15, -0.1) is 5.10 Å². The number of amides is 1. The summed E-state index contributed by atoms with van der Waals surface area (Å²) >= 11 is 5.82. The van der Waals surface area contributed by atoms with Crippen LogP contribution in [-0.4, -0.2) is 31.1 Å². The largest absolute Gasteiger partial charge is 0.356 e. The van der Waals surface area contributed by atoms with E-state index in [1.165, 1.54) is 0 Å². The molecule has 1 aromatic carbocycles. The van der Waals surface area contributed by atoms with E-state index in [1.807, 2.05) is 28.9 Å². The molecule has 0 bridgehead atoms. The topological polar surface area (TPSA) is 88.5 Å². The molecule has 23 heavy (non-hydrogen) atoms. The van der Waals surface area contributed by atoms with Gasteiger partial charge < -0.3 is 10.3 Å². The molecule has 0 saturated heterocycles. The lowest BCUT2D eigenvalue weighted by Crippen LogP contribution is -2.12. The van der Waals surface area contributed by atoms with E-state index in [-0.39, 0.29) is 5.91 Å². The van der Waals surface area contributed by atoms with Gasteiger partial charge >= 0.3 is 0 Å². The average molecular weight is 329 g/mol. The van der Waals surface area contributed by atoms with Crippen molar-refractivity contribution in [3.05, 3.63) is 47.2 Å². The van der Waals surface area contributed by atoms with Gasteiger partial charge in [0.15, 0.2) is 5.82 Å². The van der Waals surface area contributed by atoms with Gasteiger partial charge in [0.1, 0.15) is 5.69 Å². The summed E-state index contributed by atoms with van der Waals surface area (Å²) in [5.74, 6) is 0.461. The molecular weight excluding hydrogens is 316 g/mol. The molecule has 0 radical (unpaired) electrons. The van der Waals surface area contributed by atoms with Crippen LogP contribution in [0.3, 0.4) is 0 Å². The van der Waals surface area contributed by atoms with Crippen molar-refractivity contribution in [3.8, 4) is 11.4 Å². The van der Waals surface area contributed by atoms with Crippen LogP contribution >= 0.6 is 11.6 Å². The van der Waals surface area contributed by atoms with Crippen molar-refractivity contribution >= 4 is 23.2 Å². The number of carbonyl (C=O) groups is 1. The zero-order valence-corrected chi connectivity index (χ0v) is 12.8. The molecule has 1 saturated carbocycles. The molecular formula is C15H13ClN6O. The first-order chi connectivity index (χ1) is 11.2. The highest BCUT2D eigenvalue weighted by molar-refractivity contribution is 6.31. The van der Waals surface area contributed by atoms with E-state index in [0.29, 0.717) is 28.3 Å². The maximum absolute atomic E-state index is 12.2. The van der Waals surface area contributed by atoms with E-state index in [0.717, 1.165) is 18.4 Å². The summed E-state index contributed by atoms with van der Waals surface area (Å²) < 4.78 is 1.84. The zero-order valence-electron chi connectivity index (χ0n) is 12.0. The van der Waals surface area contributed by atoms with Crippen molar-refractivity contribution in [2.45, 2.75) is 18.9 Å². The molecule has 2 heterocycles. The number of carbonyl (C=O) groups excluding carboxylic acids is 1. The Balaban J connectivity index is 1.59. The Bertz CT molecular complexity index is 866. The van der Waals surface area contributed by atoms with Crippen LogP contribution in [0, 0.1) is 0 Å². The Morgan fingerprint density at radius 3 is 2.96 bits per heavy atom. The van der Waals surface area contributed by atoms with E-state index in [9.17, 15) is 4.79 Å².